The van der Waals surface area contributed by atoms with E-state index in [-0.39, 0.29) is 24.6 Å². The lowest BCUT2D eigenvalue weighted by Gasteiger charge is -2.35. The Kier molecular flexibility index (Phi) is 5.26. The molecule has 5 rings (SSSR count). The molecule has 0 unspecified atom stereocenters. The van der Waals surface area contributed by atoms with Crippen molar-refractivity contribution in [3.63, 3.8) is 0 Å². The highest BCUT2D eigenvalue weighted by molar-refractivity contribution is 5.79. The monoisotopic (exact) mass is 438 g/mol. The summed E-state index contributed by atoms with van der Waals surface area (Å²) in [7, 11) is 0. The van der Waals surface area contributed by atoms with Crippen LogP contribution in [0, 0.1) is 12.7 Å². The van der Waals surface area contributed by atoms with Crippen LogP contribution in [0.2, 0.25) is 0 Å². The number of hydrogen-bond acceptors (Lipinski definition) is 6. The van der Waals surface area contributed by atoms with Crippen molar-refractivity contribution in [2.24, 2.45) is 0 Å². The summed E-state index contributed by atoms with van der Waals surface area (Å²) < 4.78 is 25.7. The number of halogens is 1. The number of nitrogens with zero attached hydrogens (tertiary/aromatic N) is 4. The smallest absolute Gasteiger partial charge is 0.261 e. The standard InChI is InChI=1S/C23H23FN4O4/c1-15-25-19-4-3-17(24)11-18(19)23(30)28(15)13-22(29)27-8-6-26(7-9-27)12-16-2-5-20-21(10-16)32-14-31-20/h2-5,10-11H,6-9,12-14H2,1H3. The van der Waals surface area contributed by atoms with Gasteiger partial charge in [0.15, 0.2) is 11.5 Å². The summed E-state index contributed by atoms with van der Waals surface area (Å²) in [6, 6.07) is 9.85. The Balaban J connectivity index is 1.23. The molecule has 32 heavy (non-hydrogen) atoms. The van der Waals surface area contributed by atoms with E-state index in [4.69, 9.17) is 9.47 Å². The number of aromatic nitrogens is 2. The highest BCUT2D eigenvalue weighted by Gasteiger charge is 2.23. The third-order valence-electron chi connectivity index (χ3n) is 5.97. The minimum atomic E-state index is -0.503. The number of carbonyl (C=O) groups excluding carboxylic acids is 1. The molecule has 1 aromatic heterocycles. The van der Waals surface area contributed by atoms with E-state index in [0.29, 0.717) is 24.4 Å². The zero-order valence-electron chi connectivity index (χ0n) is 17.7. The number of fused-ring (bicyclic) bond motifs is 2. The summed E-state index contributed by atoms with van der Waals surface area (Å²) in [5, 5.41) is 0.178. The molecule has 2 aliphatic heterocycles. The number of ether oxygens (including phenoxy) is 2. The first kappa shape index (κ1) is 20.4. The van der Waals surface area contributed by atoms with Gasteiger partial charge in [-0.3, -0.25) is 19.1 Å². The number of aryl methyl sites for hydroxylation is 1. The van der Waals surface area contributed by atoms with Gasteiger partial charge in [-0.15, -0.1) is 0 Å². The second-order valence-corrected chi connectivity index (χ2v) is 8.06. The van der Waals surface area contributed by atoms with Crippen molar-refractivity contribution in [1.29, 1.82) is 0 Å². The molecule has 0 N–H and O–H groups in total. The molecule has 0 atom stereocenters. The fourth-order valence-electron chi connectivity index (χ4n) is 4.18. The van der Waals surface area contributed by atoms with E-state index in [1.807, 2.05) is 18.2 Å². The van der Waals surface area contributed by atoms with Gasteiger partial charge in [-0.05, 0) is 42.8 Å². The second-order valence-electron chi connectivity index (χ2n) is 8.06. The molecule has 166 valence electrons. The molecule has 0 radical (unpaired) electrons. The normalized spacial score (nSPS) is 16.0. The number of hydrogen-bond donors (Lipinski definition) is 0. The number of benzene rings is 2. The van der Waals surface area contributed by atoms with E-state index >= 15 is 0 Å². The summed E-state index contributed by atoms with van der Waals surface area (Å²) in [5.74, 6) is 1.32. The van der Waals surface area contributed by atoms with Crippen molar-refractivity contribution in [1.82, 2.24) is 19.4 Å². The minimum Gasteiger partial charge on any atom is -0.454 e. The maximum atomic E-state index is 13.6. The molecule has 3 aromatic rings. The van der Waals surface area contributed by atoms with E-state index < -0.39 is 11.4 Å². The van der Waals surface area contributed by atoms with Gasteiger partial charge in [-0.2, -0.15) is 0 Å². The Morgan fingerprint density at radius 3 is 2.66 bits per heavy atom. The summed E-state index contributed by atoms with van der Waals surface area (Å²) in [6.07, 6.45) is 0. The summed E-state index contributed by atoms with van der Waals surface area (Å²) in [5.41, 5.74) is 1.15. The molecule has 1 saturated heterocycles. The Morgan fingerprint density at radius 2 is 1.84 bits per heavy atom. The van der Waals surface area contributed by atoms with Crippen molar-refractivity contribution in [3.05, 3.63) is 64.0 Å². The van der Waals surface area contributed by atoms with Gasteiger partial charge in [0, 0.05) is 32.7 Å². The van der Waals surface area contributed by atoms with Gasteiger partial charge in [0.2, 0.25) is 12.7 Å². The molecule has 8 nitrogen and oxygen atoms in total. The Bertz CT molecular complexity index is 1250. The lowest BCUT2D eigenvalue weighted by Crippen LogP contribution is -2.49. The van der Waals surface area contributed by atoms with Gasteiger partial charge in [0.05, 0.1) is 10.9 Å². The average Bonchev–Trinajstić information content (AvgIpc) is 3.25. The quantitative estimate of drug-likeness (QED) is 0.620. The first-order chi connectivity index (χ1) is 15.5. The topological polar surface area (TPSA) is 76.9 Å². The summed E-state index contributed by atoms with van der Waals surface area (Å²) >= 11 is 0. The molecule has 0 spiro atoms. The zero-order chi connectivity index (χ0) is 22.2. The van der Waals surface area contributed by atoms with Crippen LogP contribution in [-0.2, 0) is 17.9 Å². The van der Waals surface area contributed by atoms with Gasteiger partial charge in [-0.25, -0.2) is 9.37 Å². The van der Waals surface area contributed by atoms with Crippen LogP contribution in [0.15, 0.2) is 41.2 Å². The maximum Gasteiger partial charge on any atom is 0.261 e. The number of piperazine rings is 1. The fraction of sp³-hybridized carbons (Fsp3) is 0.348. The molecule has 0 aliphatic carbocycles. The first-order valence-corrected chi connectivity index (χ1v) is 10.5. The molecule has 3 heterocycles. The van der Waals surface area contributed by atoms with Crippen LogP contribution in [0.3, 0.4) is 0 Å². The van der Waals surface area contributed by atoms with Crippen LogP contribution < -0.4 is 15.0 Å². The van der Waals surface area contributed by atoms with Crippen LogP contribution in [0.4, 0.5) is 4.39 Å². The SMILES string of the molecule is Cc1nc2ccc(F)cc2c(=O)n1CC(=O)N1CCN(Cc2ccc3c(c2)OCO3)CC1. The van der Waals surface area contributed by atoms with Crippen molar-refractivity contribution in [2.75, 3.05) is 33.0 Å². The van der Waals surface area contributed by atoms with Crippen molar-refractivity contribution >= 4 is 16.8 Å². The number of carbonyl (C=O) groups is 1. The van der Waals surface area contributed by atoms with Crippen molar-refractivity contribution < 1.29 is 18.7 Å². The van der Waals surface area contributed by atoms with Gasteiger partial charge in [0.1, 0.15) is 18.2 Å². The van der Waals surface area contributed by atoms with E-state index in [9.17, 15) is 14.0 Å². The molecule has 2 aliphatic rings. The third-order valence-corrected chi connectivity index (χ3v) is 5.97. The molecular formula is C23H23FN4O4. The molecule has 0 saturated carbocycles. The number of amides is 1. The van der Waals surface area contributed by atoms with Crippen LogP contribution >= 0.6 is 0 Å². The van der Waals surface area contributed by atoms with Gasteiger partial charge >= 0.3 is 0 Å². The minimum absolute atomic E-state index is 0.105. The van der Waals surface area contributed by atoms with Gasteiger partial charge in [-0.1, -0.05) is 6.07 Å². The first-order valence-electron chi connectivity index (χ1n) is 10.5. The predicted octanol–water partition coefficient (Wildman–Crippen LogP) is 1.92. The molecular weight excluding hydrogens is 415 g/mol. The highest BCUT2D eigenvalue weighted by atomic mass is 19.1. The summed E-state index contributed by atoms with van der Waals surface area (Å²) in [4.78, 5) is 34.1. The molecule has 1 amide bonds. The molecule has 9 heteroatoms. The molecule has 1 fully saturated rings. The van der Waals surface area contributed by atoms with Gasteiger partial charge in [0.25, 0.3) is 5.56 Å². The lowest BCUT2D eigenvalue weighted by molar-refractivity contribution is -0.133. The van der Waals surface area contributed by atoms with E-state index in [1.54, 1.807) is 11.8 Å². The van der Waals surface area contributed by atoms with Crippen LogP contribution in [0.25, 0.3) is 10.9 Å². The highest BCUT2D eigenvalue weighted by Crippen LogP contribution is 2.32. The maximum absolute atomic E-state index is 13.6. The van der Waals surface area contributed by atoms with E-state index in [2.05, 4.69) is 9.88 Å². The lowest BCUT2D eigenvalue weighted by atomic mass is 10.1. The van der Waals surface area contributed by atoms with E-state index in [1.165, 1.54) is 22.8 Å². The van der Waals surface area contributed by atoms with Crippen molar-refractivity contribution in [2.45, 2.75) is 20.0 Å². The predicted molar refractivity (Wildman–Crippen MR) is 115 cm³/mol. The number of rotatable bonds is 4. The van der Waals surface area contributed by atoms with Crippen LogP contribution in [-0.4, -0.2) is 58.2 Å². The Hall–Kier alpha value is -3.46. The Morgan fingerprint density at radius 1 is 1.06 bits per heavy atom. The van der Waals surface area contributed by atoms with Gasteiger partial charge < -0.3 is 14.4 Å². The van der Waals surface area contributed by atoms with Crippen LogP contribution in [0.1, 0.15) is 11.4 Å². The molecule has 0 bridgehead atoms. The molecule has 2 aromatic carbocycles. The third kappa shape index (κ3) is 3.91. The average molecular weight is 438 g/mol. The van der Waals surface area contributed by atoms with Crippen molar-refractivity contribution in [3.8, 4) is 11.5 Å². The zero-order valence-corrected chi connectivity index (χ0v) is 17.7. The van der Waals surface area contributed by atoms with E-state index in [0.717, 1.165) is 36.7 Å². The van der Waals surface area contributed by atoms with Crippen LogP contribution in [0.5, 0.6) is 11.5 Å². The summed E-state index contributed by atoms with van der Waals surface area (Å²) in [6.45, 7) is 5.21. The Labute approximate surface area is 183 Å². The second kappa shape index (κ2) is 8.23. The fourth-order valence-corrected chi connectivity index (χ4v) is 4.18. The largest absolute Gasteiger partial charge is 0.454 e.